The van der Waals surface area contributed by atoms with E-state index in [0.29, 0.717) is 0 Å². The lowest BCUT2D eigenvalue weighted by molar-refractivity contribution is -0.153. The molecule has 0 radical (unpaired) electrons. The van der Waals surface area contributed by atoms with E-state index in [1.54, 1.807) is 0 Å². The van der Waals surface area contributed by atoms with E-state index < -0.39 is 17.9 Å². The molecule has 0 rings (SSSR count). The van der Waals surface area contributed by atoms with Crippen molar-refractivity contribution in [2.75, 3.05) is 6.54 Å². The van der Waals surface area contributed by atoms with Gasteiger partial charge < -0.3 is 10.5 Å². The summed E-state index contributed by atoms with van der Waals surface area (Å²) in [6.45, 7) is 1.01. The van der Waals surface area contributed by atoms with E-state index in [1.807, 2.05) is 0 Å². The zero-order valence-electron chi connectivity index (χ0n) is 6.07. The summed E-state index contributed by atoms with van der Waals surface area (Å²) < 4.78 is 4.41. The number of esters is 1. The van der Waals surface area contributed by atoms with Crippen LogP contribution in [-0.4, -0.2) is 30.7 Å². The van der Waals surface area contributed by atoms with Gasteiger partial charge in [-0.1, -0.05) is 0 Å². The molecule has 0 aliphatic carbocycles. The quantitative estimate of drug-likeness (QED) is 0.311. The SMILES string of the molecule is CC(OC(=O)CN)C(=O)C=O. The molecular weight excluding hydrogens is 150 g/mol. The molecule has 0 aliphatic heterocycles. The molecule has 0 aromatic carbocycles. The van der Waals surface area contributed by atoms with Gasteiger partial charge in [-0.05, 0) is 6.92 Å². The van der Waals surface area contributed by atoms with E-state index >= 15 is 0 Å². The van der Waals surface area contributed by atoms with Gasteiger partial charge in [-0.25, -0.2) is 0 Å². The van der Waals surface area contributed by atoms with Crippen LogP contribution >= 0.6 is 0 Å². The first kappa shape index (κ1) is 9.77. The normalized spacial score (nSPS) is 11.8. The van der Waals surface area contributed by atoms with E-state index in [2.05, 4.69) is 4.74 Å². The number of rotatable bonds is 4. The van der Waals surface area contributed by atoms with Crippen molar-refractivity contribution in [3.63, 3.8) is 0 Å². The third kappa shape index (κ3) is 3.47. The number of hydrogen-bond acceptors (Lipinski definition) is 5. The Morgan fingerprint density at radius 3 is 2.55 bits per heavy atom. The Bertz CT molecular complexity index is 177. The number of carbonyl (C=O) groups excluding carboxylic acids is 3. The Balaban J connectivity index is 3.86. The van der Waals surface area contributed by atoms with Crippen molar-refractivity contribution in [3.05, 3.63) is 0 Å². The van der Waals surface area contributed by atoms with Gasteiger partial charge in [-0.15, -0.1) is 0 Å². The predicted molar refractivity (Wildman–Crippen MR) is 35.7 cm³/mol. The predicted octanol–water partition coefficient (Wildman–Crippen LogP) is -1.36. The van der Waals surface area contributed by atoms with Gasteiger partial charge in [0.25, 0.3) is 0 Å². The molecule has 0 saturated heterocycles. The van der Waals surface area contributed by atoms with Crippen molar-refractivity contribution in [2.24, 2.45) is 5.73 Å². The maximum absolute atomic E-state index is 10.5. The van der Waals surface area contributed by atoms with Crippen LogP contribution in [0.4, 0.5) is 0 Å². The summed E-state index contributed by atoms with van der Waals surface area (Å²) >= 11 is 0. The van der Waals surface area contributed by atoms with Crippen LogP contribution in [0.25, 0.3) is 0 Å². The topological polar surface area (TPSA) is 86.5 Å². The van der Waals surface area contributed by atoms with Crippen molar-refractivity contribution in [1.82, 2.24) is 0 Å². The highest BCUT2D eigenvalue weighted by molar-refractivity contribution is 6.27. The van der Waals surface area contributed by atoms with Crippen LogP contribution in [0, 0.1) is 0 Å². The fourth-order valence-electron chi connectivity index (χ4n) is 0.399. The first-order valence-electron chi connectivity index (χ1n) is 3.00. The number of ether oxygens (including phenoxy) is 1. The first-order valence-corrected chi connectivity index (χ1v) is 3.00. The maximum atomic E-state index is 10.5. The number of nitrogens with two attached hydrogens (primary N) is 1. The maximum Gasteiger partial charge on any atom is 0.320 e. The molecule has 62 valence electrons. The zero-order valence-corrected chi connectivity index (χ0v) is 6.07. The van der Waals surface area contributed by atoms with Gasteiger partial charge in [0, 0.05) is 0 Å². The van der Waals surface area contributed by atoms with Gasteiger partial charge in [-0.3, -0.25) is 14.4 Å². The van der Waals surface area contributed by atoms with Crippen LogP contribution in [0.5, 0.6) is 0 Å². The molecule has 0 bridgehead atoms. The monoisotopic (exact) mass is 159 g/mol. The minimum absolute atomic E-state index is 0.106. The molecule has 0 fully saturated rings. The molecule has 5 heteroatoms. The molecule has 2 N–H and O–H groups in total. The Hall–Kier alpha value is -1.23. The van der Waals surface area contributed by atoms with Crippen LogP contribution in [0.2, 0.25) is 0 Å². The number of hydrogen-bond donors (Lipinski definition) is 1. The molecule has 0 aromatic heterocycles. The van der Waals surface area contributed by atoms with Crippen LogP contribution in [0.15, 0.2) is 0 Å². The third-order valence-electron chi connectivity index (χ3n) is 0.992. The van der Waals surface area contributed by atoms with E-state index in [1.165, 1.54) is 6.92 Å². The summed E-state index contributed by atoms with van der Waals surface area (Å²) in [5.74, 6) is -1.47. The molecule has 0 aliphatic rings. The summed E-state index contributed by atoms with van der Waals surface area (Å²) in [4.78, 5) is 30.7. The Morgan fingerprint density at radius 1 is 1.64 bits per heavy atom. The van der Waals surface area contributed by atoms with Gasteiger partial charge in [-0.2, -0.15) is 0 Å². The van der Waals surface area contributed by atoms with Gasteiger partial charge in [0.1, 0.15) is 0 Å². The van der Waals surface area contributed by atoms with E-state index in [4.69, 9.17) is 5.73 Å². The summed E-state index contributed by atoms with van der Waals surface area (Å²) in [5, 5.41) is 0. The fraction of sp³-hybridized carbons (Fsp3) is 0.500. The van der Waals surface area contributed by atoms with Crippen molar-refractivity contribution < 1.29 is 19.1 Å². The standard InChI is InChI=1S/C6H9NO4/c1-4(5(9)3-8)11-6(10)2-7/h3-4H,2,7H2,1H3. The second-order valence-corrected chi connectivity index (χ2v) is 1.86. The fourth-order valence-corrected chi connectivity index (χ4v) is 0.399. The van der Waals surface area contributed by atoms with Crippen molar-refractivity contribution in [2.45, 2.75) is 13.0 Å². The Kier molecular flexibility index (Phi) is 4.05. The third-order valence-corrected chi connectivity index (χ3v) is 0.992. The second kappa shape index (κ2) is 4.56. The molecule has 1 atom stereocenters. The van der Waals surface area contributed by atoms with Crippen LogP contribution < -0.4 is 5.73 Å². The average Bonchev–Trinajstić information content (AvgIpc) is 2.02. The highest BCUT2D eigenvalue weighted by Crippen LogP contribution is 1.90. The molecule has 11 heavy (non-hydrogen) atoms. The average molecular weight is 159 g/mol. The highest BCUT2D eigenvalue weighted by atomic mass is 16.5. The minimum atomic E-state index is -1.02. The molecule has 0 heterocycles. The molecule has 0 aromatic rings. The lowest BCUT2D eigenvalue weighted by Gasteiger charge is -2.06. The van der Waals surface area contributed by atoms with E-state index in [0.717, 1.165) is 0 Å². The Labute approximate surface area is 63.5 Å². The Morgan fingerprint density at radius 2 is 2.18 bits per heavy atom. The molecule has 1 unspecified atom stereocenters. The molecular formula is C6H9NO4. The first-order chi connectivity index (χ1) is 5.11. The number of aldehydes is 1. The summed E-state index contributed by atoms with van der Waals surface area (Å²) in [6.07, 6.45) is -0.919. The van der Waals surface area contributed by atoms with Crippen LogP contribution in [-0.2, 0) is 19.1 Å². The number of Topliss-reactive ketones (excluding diaryl/α,β-unsaturated/α-hetero) is 1. The number of carbonyl (C=O) groups is 3. The minimum Gasteiger partial charge on any atom is -0.453 e. The van der Waals surface area contributed by atoms with Gasteiger partial charge in [0.15, 0.2) is 12.4 Å². The van der Waals surface area contributed by atoms with Crippen molar-refractivity contribution in [3.8, 4) is 0 Å². The van der Waals surface area contributed by atoms with Crippen molar-refractivity contribution >= 4 is 18.0 Å². The molecule has 5 nitrogen and oxygen atoms in total. The highest BCUT2D eigenvalue weighted by Gasteiger charge is 2.15. The van der Waals surface area contributed by atoms with Crippen LogP contribution in [0.1, 0.15) is 6.92 Å². The lowest BCUT2D eigenvalue weighted by Crippen LogP contribution is -2.28. The van der Waals surface area contributed by atoms with Crippen LogP contribution in [0.3, 0.4) is 0 Å². The summed E-state index contributed by atoms with van der Waals surface area (Å²) in [7, 11) is 0. The summed E-state index contributed by atoms with van der Waals surface area (Å²) in [6, 6.07) is 0. The van der Waals surface area contributed by atoms with E-state index in [-0.39, 0.29) is 12.8 Å². The van der Waals surface area contributed by atoms with Crippen molar-refractivity contribution in [1.29, 1.82) is 0 Å². The summed E-state index contributed by atoms with van der Waals surface area (Å²) in [5.41, 5.74) is 4.89. The van der Waals surface area contributed by atoms with E-state index in [9.17, 15) is 14.4 Å². The molecule has 0 spiro atoms. The van der Waals surface area contributed by atoms with Gasteiger partial charge in [0.2, 0.25) is 5.78 Å². The largest absolute Gasteiger partial charge is 0.453 e. The van der Waals surface area contributed by atoms with Gasteiger partial charge >= 0.3 is 5.97 Å². The smallest absolute Gasteiger partial charge is 0.320 e. The number of ketones is 1. The molecule has 0 saturated carbocycles. The molecule has 0 amide bonds. The van der Waals surface area contributed by atoms with Gasteiger partial charge in [0.05, 0.1) is 6.54 Å². The lowest BCUT2D eigenvalue weighted by atomic mass is 10.3. The second-order valence-electron chi connectivity index (χ2n) is 1.86. The zero-order chi connectivity index (χ0) is 8.85.